The average Bonchev–Trinajstić information content (AvgIpc) is 2.62. The lowest BCUT2D eigenvalue weighted by Crippen LogP contribution is -2.46. The van der Waals surface area contributed by atoms with Gasteiger partial charge < -0.3 is 9.80 Å². The smallest absolute Gasteiger partial charge is 0.256 e. The molecule has 0 saturated carbocycles. The zero-order valence-corrected chi connectivity index (χ0v) is 14.2. The number of likely N-dealkylation sites (tertiary alicyclic amines) is 2. The summed E-state index contributed by atoms with van der Waals surface area (Å²) in [7, 11) is 0. The minimum Gasteiger partial charge on any atom is -0.342 e. The van der Waals surface area contributed by atoms with Gasteiger partial charge in [-0.25, -0.2) is 4.39 Å². The lowest BCUT2D eigenvalue weighted by Gasteiger charge is -2.36. The van der Waals surface area contributed by atoms with Gasteiger partial charge in [0.25, 0.3) is 5.91 Å². The van der Waals surface area contributed by atoms with Crippen molar-refractivity contribution in [1.29, 1.82) is 0 Å². The highest BCUT2D eigenvalue weighted by Gasteiger charge is 2.32. The summed E-state index contributed by atoms with van der Waals surface area (Å²) >= 11 is 0. The van der Waals surface area contributed by atoms with Crippen molar-refractivity contribution in [3.63, 3.8) is 0 Å². The van der Waals surface area contributed by atoms with Crippen molar-refractivity contribution in [1.82, 2.24) is 9.80 Å². The van der Waals surface area contributed by atoms with Gasteiger partial charge in [0.2, 0.25) is 5.91 Å². The number of hydrogen-bond donors (Lipinski definition) is 0. The van der Waals surface area contributed by atoms with E-state index in [1.807, 2.05) is 4.90 Å². The zero-order valence-electron chi connectivity index (χ0n) is 14.2. The highest BCUT2D eigenvalue weighted by molar-refractivity contribution is 5.94. The van der Waals surface area contributed by atoms with Crippen molar-refractivity contribution in [3.05, 3.63) is 35.6 Å². The van der Waals surface area contributed by atoms with Gasteiger partial charge in [0.1, 0.15) is 5.82 Å². The number of piperidine rings is 2. The molecule has 0 radical (unpaired) electrons. The first-order chi connectivity index (χ1) is 11.6. The quantitative estimate of drug-likeness (QED) is 0.835. The van der Waals surface area contributed by atoms with Gasteiger partial charge in [-0.1, -0.05) is 19.1 Å². The molecule has 2 aliphatic heterocycles. The predicted molar refractivity (Wildman–Crippen MR) is 90.0 cm³/mol. The van der Waals surface area contributed by atoms with Crippen LogP contribution < -0.4 is 0 Å². The monoisotopic (exact) mass is 332 g/mol. The molecular weight excluding hydrogens is 307 g/mol. The molecule has 0 aliphatic carbocycles. The summed E-state index contributed by atoms with van der Waals surface area (Å²) in [4.78, 5) is 28.7. The van der Waals surface area contributed by atoms with Crippen LogP contribution in [-0.2, 0) is 4.79 Å². The number of rotatable bonds is 2. The van der Waals surface area contributed by atoms with Crippen LogP contribution >= 0.6 is 0 Å². The van der Waals surface area contributed by atoms with Gasteiger partial charge >= 0.3 is 0 Å². The van der Waals surface area contributed by atoms with Gasteiger partial charge in [-0.15, -0.1) is 0 Å². The first-order valence-electron chi connectivity index (χ1n) is 8.89. The molecule has 5 heteroatoms. The van der Waals surface area contributed by atoms with E-state index < -0.39 is 5.82 Å². The van der Waals surface area contributed by atoms with E-state index in [4.69, 9.17) is 0 Å². The molecule has 2 aliphatic rings. The maximum atomic E-state index is 13.8. The molecule has 2 fully saturated rings. The van der Waals surface area contributed by atoms with Crippen LogP contribution in [-0.4, -0.2) is 47.8 Å². The lowest BCUT2D eigenvalue weighted by atomic mass is 9.92. The molecule has 0 atom stereocenters. The molecule has 2 amide bonds. The Hall–Kier alpha value is -1.91. The fourth-order valence-electron chi connectivity index (χ4n) is 3.62. The predicted octanol–water partition coefficient (Wildman–Crippen LogP) is 2.94. The Morgan fingerprint density at radius 3 is 2.17 bits per heavy atom. The molecule has 0 aromatic heterocycles. The Bertz CT molecular complexity index is 603. The van der Waals surface area contributed by atoms with Crippen LogP contribution in [0.25, 0.3) is 0 Å². The van der Waals surface area contributed by atoms with Gasteiger partial charge in [0, 0.05) is 32.1 Å². The van der Waals surface area contributed by atoms with Crippen LogP contribution in [0.5, 0.6) is 0 Å². The summed E-state index contributed by atoms with van der Waals surface area (Å²) in [6.07, 6.45) is 3.50. The van der Waals surface area contributed by atoms with Gasteiger partial charge in [-0.3, -0.25) is 9.59 Å². The Morgan fingerprint density at radius 2 is 1.54 bits per heavy atom. The van der Waals surface area contributed by atoms with Crippen molar-refractivity contribution < 1.29 is 14.0 Å². The normalized spacial score (nSPS) is 20.2. The van der Waals surface area contributed by atoms with Crippen molar-refractivity contribution >= 4 is 11.8 Å². The van der Waals surface area contributed by atoms with Crippen LogP contribution in [0.1, 0.15) is 43.0 Å². The molecule has 0 unspecified atom stereocenters. The summed E-state index contributed by atoms with van der Waals surface area (Å²) in [5, 5.41) is 0. The van der Waals surface area contributed by atoms with E-state index >= 15 is 0 Å². The molecule has 24 heavy (non-hydrogen) atoms. The van der Waals surface area contributed by atoms with Gasteiger partial charge in [-0.05, 0) is 43.7 Å². The van der Waals surface area contributed by atoms with Crippen molar-refractivity contribution in [3.8, 4) is 0 Å². The molecule has 130 valence electrons. The van der Waals surface area contributed by atoms with Crippen LogP contribution in [0.3, 0.4) is 0 Å². The fourth-order valence-corrected chi connectivity index (χ4v) is 3.62. The topological polar surface area (TPSA) is 40.6 Å². The van der Waals surface area contributed by atoms with E-state index in [9.17, 15) is 14.0 Å². The van der Waals surface area contributed by atoms with Crippen LogP contribution in [0.15, 0.2) is 24.3 Å². The van der Waals surface area contributed by atoms with Crippen LogP contribution in [0.4, 0.5) is 4.39 Å². The lowest BCUT2D eigenvalue weighted by molar-refractivity contribution is -0.138. The third-order valence-electron chi connectivity index (χ3n) is 5.33. The van der Waals surface area contributed by atoms with Crippen molar-refractivity contribution in [2.75, 3.05) is 26.2 Å². The van der Waals surface area contributed by atoms with Gasteiger partial charge in [0.05, 0.1) is 5.56 Å². The summed E-state index contributed by atoms with van der Waals surface area (Å²) < 4.78 is 13.8. The molecule has 2 saturated heterocycles. The minimum absolute atomic E-state index is 0.00285. The summed E-state index contributed by atoms with van der Waals surface area (Å²) in [6, 6.07) is 6.07. The summed E-state index contributed by atoms with van der Waals surface area (Å²) in [5.41, 5.74) is 0.118. The number of hydrogen-bond acceptors (Lipinski definition) is 2. The Balaban J connectivity index is 1.55. The van der Waals surface area contributed by atoms with Crippen molar-refractivity contribution in [2.24, 2.45) is 11.8 Å². The maximum Gasteiger partial charge on any atom is 0.256 e. The molecule has 1 aromatic rings. The van der Waals surface area contributed by atoms with E-state index in [0.717, 1.165) is 25.9 Å². The van der Waals surface area contributed by atoms with Crippen LogP contribution in [0, 0.1) is 17.7 Å². The number of nitrogens with zero attached hydrogens (tertiary/aromatic N) is 2. The molecule has 4 nitrogen and oxygen atoms in total. The summed E-state index contributed by atoms with van der Waals surface area (Å²) in [6.45, 7) is 4.99. The number of carbonyl (C=O) groups excluding carboxylic acids is 2. The largest absolute Gasteiger partial charge is 0.342 e. The molecule has 0 N–H and O–H groups in total. The fraction of sp³-hybridized carbons (Fsp3) is 0.579. The SMILES string of the molecule is CC1CCN(C(=O)C2CCN(C(=O)c3ccccc3F)CC2)CC1. The Morgan fingerprint density at radius 1 is 0.958 bits per heavy atom. The Kier molecular flexibility index (Phi) is 5.17. The highest BCUT2D eigenvalue weighted by atomic mass is 19.1. The summed E-state index contributed by atoms with van der Waals surface area (Å²) in [5.74, 6) is 0.186. The first kappa shape index (κ1) is 16.9. The van der Waals surface area contributed by atoms with E-state index in [2.05, 4.69) is 6.92 Å². The standard InChI is InChI=1S/C19H25FN2O2/c1-14-6-10-21(11-7-14)18(23)15-8-12-22(13-9-15)19(24)16-4-2-3-5-17(16)20/h2-5,14-15H,6-13H2,1H3. The molecule has 1 aromatic carbocycles. The number of carbonyl (C=O) groups is 2. The minimum atomic E-state index is -0.483. The third-order valence-corrected chi connectivity index (χ3v) is 5.33. The first-order valence-corrected chi connectivity index (χ1v) is 8.89. The second kappa shape index (κ2) is 7.32. The van der Waals surface area contributed by atoms with E-state index in [1.54, 1.807) is 17.0 Å². The molecule has 3 rings (SSSR count). The Labute approximate surface area is 142 Å². The molecule has 0 spiro atoms. The number of halogens is 1. The second-order valence-corrected chi connectivity index (χ2v) is 7.05. The maximum absolute atomic E-state index is 13.8. The van der Waals surface area contributed by atoms with E-state index in [-0.39, 0.29) is 23.3 Å². The van der Waals surface area contributed by atoms with Gasteiger partial charge in [-0.2, -0.15) is 0 Å². The van der Waals surface area contributed by atoms with Crippen LogP contribution in [0.2, 0.25) is 0 Å². The second-order valence-electron chi connectivity index (χ2n) is 7.05. The number of amides is 2. The van der Waals surface area contributed by atoms with E-state index in [1.165, 1.54) is 12.1 Å². The van der Waals surface area contributed by atoms with Gasteiger partial charge in [0.15, 0.2) is 0 Å². The third kappa shape index (κ3) is 3.60. The number of benzene rings is 1. The average molecular weight is 332 g/mol. The van der Waals surface area contributed by atoms with E-state index in [0.29, 0.717) is 31.8 Å². The molecule has 0 bridgehead atoms. The highest BCUT2D eigenvalue weighted by Crippen LogP contribution is 2.24. The molecule has 2 heterocycles. The molecular formula is C19H25FN2O2. The zero-order chi connectivity index (χ0) is 17.1. The van der Waals surface area contributed by atoms with Crippen molar-refractivity contribution in [2.45, 2.75) is 32.6 Å².